The summed E-state index contributed by atoms with van der Waals surface area (Å²) in [5.74, 6) is -2.03. The van der Waals surface area contributed by atoms with Crippen LogP contribution in [-0.4, -0.2) is 23.1 Å². The summed E-state index contributed by atoms with van der Waals surface area (Å²) in [4.78, 5) is 38.0. The van der Waals surface area contributed by atoms with E-state index in [4.69, 9.17) is 9.47 Å². The molecule has 3 atom stereocenters. The Kier molecular flexibility index (Phi) is 4.99. The molecule has 2 aliphatic heterocycles. The number of Topliss-reactive ketones (excluding diaryl/α,β-unsaturated/α-hetero) is 1. The van der Waals surface area contributed by atoms with Crippen molar-refractivity contribution in [1.82, 2.24) is 0 Å². The quantitative estimate of drug-likeness (QED) is 0.413. The van der Waals surface area contributed by atoms with E-state index in [9.17, 15) is 14.4 Å². The van der Waals surface area contributed by atoms with Crippen LogP contribution in [0.15, 0.2) is 47.5 Å². The van der Waals surface area contributed by atoms with E-state index < -0.39 is 23.4 Å². The number of hydrogen-bond acceptors (Lipinski definition) is 5. The topological polar surface area (TPSA) is 69.7 Å². The van der Waals surface area contributed by atoms with Gasteiger partial charge in [0.1, 0.15) is 17.5 Å². The maximum atomic E-state index is 12.7. The van der Waals surface area contributed by atoms with Gasteiger partial charge in [0.25, 0.3) is 0 Å². The number of rotatable bonds is 6. The molecule has 0 aromatic carbocycles. The zero-order valence-electron chi connectivity index (χ0n) is 15.4. The molecule has 26 heavy (non-hydrogen) atoms. The van der Waals surface area contributed by atoms with Crippen molar-refractivity contribution in [3.63, 3.8) is 0 Å². The van der Waals surface area contributed by atoms with Crippen LogP contribution in [0.2, 0.25) is 0 Å². The number of carbonyl (C=O) groups excluding carboxylic acids is 3. The summed E-state index contributed by atoms with van der Waals surface area (Å²) in [6.07, 6.45) is 11.4. The maximum Gasteiger partial charge on any atom is 0.318 e. The van der Waals surface area contributed by atoms with Crippen LogP contribution in [0, 0.1) is 11.8 Å². The van der Waals surface area contributed by atoms with Gasteiger partial charge in [-0.05, 0) is 44.1 Å². The van der Waals surface area contributed by atoms with Crippen molar-refractivity contribution < 1.29 is 23.9 Å². The predicted octanol–water partition coefficient (Wildman–Crippen LogP) is 3.57. The molecule has 1 fully saturated rings. The fourth-order valence-corrected chi connectivity index (χ4v) is 3.88. The predicted molar refractivity (Wildman–Crippen MR) is 95.8 cm³/mol. The summed E-state index contributed by atoms with van der Waals surface area (Å²) in [6.45, 7) is 5.52. The molecule has 3 unspecified atom stereocenters. The summed E-state index contributed by atoms with van der Waals surface area (Å²) in [6, 6.07) is 0. The lowest BCUT2D eigenvalue weighted by Gasteiger charge is -2.35. The Morgan fingerprint density at radius 2 is 2.04 bits per heavy atom. The van der Waals surface area contributed by atoms with Gasteiger partial charge < -0.3 is 9.47 Å². The fraction of sp³-hybridized carbons (Fsp3) is 0.476. The van der Waals surface area contributed by atoms with Crippen LogP contribution in [0.4, 0.5) is 0 Å². The third-order valence-corrected chi connectivity index (χ3v) is 5.26. The van der Waals surface area contributed by atoms with Gasteiger partial charge in [0.05, 0.1) is 12.2 Å². The minimum absolute atomic E-state index is 0.157. The molecule has 5 heteroatoms. The van der Waals surface area contributed by atoms with Crippen LogP contribution in [0.3, 0.4) is 0 Å². The second-order valence-electron chi connectivity index (χ2n) is 7.11. The van der Waals surface area contributed by atoms with Crippen molar-refractivity contribution in [2.75, 3.05) is 0 Å². The van der Waals surface area contributed by atoms with Gasteiger partial charge in [0.15, 0.2) is 11.4 Å². The molecule has 0 saturated carbocycles. The summed E-state index contributed by atoms with van der Waals surface area (Å²) in [5.41, 5.74) is 0.0220. The van der Waals surface area contributed by atoms with E-state index in [0.29, 0.717) is 23.3 Å². The first-order chi connectivity index (χ1) is 12.4. The molecule has 3 aliphatic rings. The molecular formula is C21H24O5. The number of ketones is 2. The van der Waals surface area contributed by atoms with Crippen LogP contribution < -0.4 is 0 Å². The number of ether oxygens (including phenoxy) is 2. The van der Waals surface area contributed by atoms with Crippen LogP contribution in [0.1, 0.15) is 46.5 Å². The number of allylic oxidation sites excluding steroid dienone is 4. The van der Waals surface area contributed by atoms with E-state index in [2.05, 4.69) is 6.92 Å². The minimum Gasteiger partial charge on any atom is -0.465 e. The number of fused-ring (bicyclic) bond motifs is 3. The molecule has 0 amide bonds. The van der Waals surface area contributed by atoms with Crippen molar-refractivity contribution in [3.05, 3.63) is 47.5 Å². The van der Waals surface area contributed by atoms with Crippen molar-refractivity contribution >= 4 is 17.5 Å². The average Bonchev–Trinajstić information content (AvgIpc) is 2.87. The molecule has 0 aromatic heterocycles. The second-order valence-corrected chi connectivity index (χ2v) is 7.11. The second kappa shape index (κ2) is 7.06. The van der Waals surface area contributed by atoms with E-state index in [-0.39, 0.29) is 11.6 Å². The van der Waals surface area contributed by atoms with Crippen LogP contribution >= 0.6 is 0 Å². The third-order valence-electron chi connectivity index (χ3n) is 5.26. The highest BCUT2D eigenvalue weighted by atomic mass is 16.6. The highest BCUT2D eigenvalue weighted by Crippen LogP contribution is 2.49. The zero-order chi connectivity index (χ0) is 18.9. The fourth-order valence-electron chi connectivity index (χ4n) is 3.88. The molecule has 0 radical (unpaired) electrons. The largest absolute Gasteiger partial charge is 0.465 e. The highest BCUT2D eigenvalue weighted by molar-refractivity contribution is 6.09. The summed E-state index contributed by atoms with van der Waals surface area (Å²) in [7, 11) is 0. The van der Waals surface area contributed by atoms with E-state index in [1.165, 1.54) is 6.08 Å². The first-order valence-electron chi connectivity index (χ1n) is 9.15. The van der Waals surface area contributed by atoms with Crippen molar-refractivity contribution in [3.8, 4) is 0 Å². The SMILES string of the molecule is CC=CC1=CC2=CC(=O)C3(C)OC(=O)C(C(=O)CCCCC)C3C2=CO1. The van der Waals surface area contributed by atoms with E-state index in [0.717, 1.165) is 19.3 Å². The van der Waals surface area contributed by atoms with Crippen LogP contribution in [0.25, 0.3) is 0 Å². The minimum atomic E-state index is -1.34. The summed E-state index contributed by atoms with van der Waals surface area (Å²) in [5, 5.41) is 0. The van der Waals surface area contributed by atoms with Gasteiger partial charge in [0.2, 0.25) is 0 Å². The molecule has 1 aliphatic carbocycles. The molecule has 2 heterocycles. The molecule has 3 rings (SSSR count). The first kappa shape index (κ1) is 18.4. The van der Waals surface area contributed by atoms with E-state index in [1.807, 2.05) is 13.0 Å². The van der Waals surface area contributed by atoms with Crippen molar-refractivity contribution in [1.29, 1.82) is 0 Å². The third kappa shape index (κ3) is 2.96. The molecule has 0 N–H and O–H groups in total. The average molecular weight is 356 g/mol. The Morgan fingerprint density at radius 3 is 2.73 bits per heavy atom. The summed E-state index contributed by atoms with van der Waals surface area (Å²) < 4.78 is 11.1. The Labute approximate surface area is 153 Å². The molecular weight excluding hydrogens is 332 g/mol. The van der Waals surface area contributed by atoms with Gasteiger partial charge in [-0.3, -0.25) is 14.4 Å². The lowest BCUT2D eigenvalue weighted by atomic mass is 9.67. The van der Waals surface area contributed by atoms with Crippen LogP contribution in [0.5, 0.6) is 0 Å². The molecule has 0 aromatic rings. The smallest absolute Gasteiger partial charge is 0.318 e. The number of unbranched alkanes of at least 4 members (excludes halogenated alkanes) is 2. The van der Waals surface area contributed by atoms with Gasteiger partial charge in [0, 0.05) is 12.0 Å². The van der Waals surface area contributed by atoms with E-state index >= 15 is 0 Å². The number of esters is 1. The maximum absolute atomic E-state index is 12.7. The van der Waals surface area contributed by atoms with Crippen molar-refractivity contribution in [2.45, 2.75) is 52.1 Å². The Bertz CT molecular complexity index is 767. The van der Waals surface area contributed by atoms with Crippen molar-refractivity contribution in [2.24, 2.45) is 11.8 Å². The molecule has 0 bridgehead atoms. The lowest BCUT2D eigenvalue weighted by molar-refractivity contribution is -0.156. The van der Waals surface area contributed by atoms with Gasteiger partial charge in [-0.15, -0.1) is 0 Å². The number of carbonyl (C=O) groups is 3. The number of hydrogen-bond donors (Lipinski definition) is 0. The Morgan fingerprint density at radius 1 is 1.27 bits per heavy atom. The van der Waals surface area contributed by atoms with Gasteiger partial charge >= 0.3 is 5.97 Å². The zero-order valence-corrected chi connectivity index (χ0v) is 15.4. The highest BCUT2D eigenvalue weighted by Gasteiger charge is 2.62. The molecule has 1 saturated heterocycles. The van der Waals surface area contributed by atoms with E-state index in [1.54, 1.807) is 25.3 Å². The Balaban J connectivity index is 1.96. The standard InChI is InChI=1S/C21H24O5/c1-4-6-7-9-16(22)18-19-15-12-25-14(8-5-2)10-13(15)11-17(23)21(19,3)26-20(18)24/h5,8,10-12,18-19H,4,6-7,9H2,1-3H3. The normalized spacial score (nSPS) is 30.0. The van der Waals surface area contributed by atoms with Gasteiger partial charge in [-0.2, -0.15) is 0 Å². The monoisotopic (exact) mass is 356 g/mol. The molecule has 0 spiro atoms. The lowest BCUT2D eigenvalue weighted by Crippen LogP contribution is -2.46. The first-order valence-corrected chi connectivity index (χ1v) is 9.15. The Hall–Kier alpha value is -2.43. The van der Waals surface area contributed by atoms with Gasteiger partial charge in [-0.25, -0.2) is 0 Å². The summed E-state index contributed by atoms with van der Waals surface area (Å²) >= 11 is 0. The van der Waals surface area contributed by atoms with Crippen LogP contribution in [-0.2, 0) is 23.9 Å². The molecule has 138 valence electrons. The van der Waals surface area contributed by atoms with Gasteiger partial charge in [-0.1, -0.05) is 25.8 Å². The molecule has 5 nitrogen and oxygen atoms in total.